The van der Waals surface area contributed by atoms with E-state index in [2.05, 4.69) is 40.0 Å². The smallest absolute Gasteiger partial charge is 0.379 e. The SMILES string of the molecule is Nc1nonc1-c1noc(-c2nonc2N)[nH+]1. The van der Waals surface area contributed by atoms with Crippen molar-refractivity contribution < 1.29 is 18.8 Å². The molecule has 0 saturated heterocycles. The Bertz CT molecular complexity index is 599. The zero-order valence-corrected chi connectivity index (χ0v) is 8.12. The molecule has 11 nitrogen and oxygen atoms in total. The van der Waals surface area contributed by atoms with Gasteiger partial charge in [-0.3, -0.25) is 0 Å². The highest BCUT2D eigenvalue weighted by molar-refractivity contribution is 5.62. The molecule has 0 radical (unpaired) electrons. The molecule has 3 aromatic heterocycles. The summed E-state index contributed by atoms with van der Waals surface area (Å²) in [5.74, 6) is 0.518. The van der Waals surface area contributed by atoms with E-state index >= 15 is 0 Å². The number of anilines is 2. The van der Waals surface area contributed by atoms with Crippen molar-refractivity contribution in [1.29, 1.82) is 0 Å². The first-order chi connectivity index (χ1) is 8.25. The molecule has 0 unspecified atom stereocenters. The number of hydrogen-bond acceptors (Lipinski definition) is 10. The molecule has 0 aromatic carbocycles. The van der Waals surface area contributed by atoms with Gasteiger partial charge in [0.1, 0.15) is 0 Å². The molecule has 0 saturated carbocycles. The molecule has 0 spiro atoms. The van der Waals surface area contributed by atoms with Crippen LogP contribution in [0.5, 0.6) is 0 Å². The monoisotopic (exact) mass is 237 g/mol. The van der Waals surface area contributed by atoms with Crippen LogP contribution in [0.3, 0.4) is 0 Å². The van der Waals surface area contributed by atoms with Crippen LogP contribution in [0.2, 0.25) is 0 Å². The van der Waals surface area contributed by atoms with Crippen LogP contribution in [0, 0.1) is 0 Å². The molecule has 0 aliphatic rings. The minimum atomic E-state index is 0.0650. The van der Waals surface area contributed by atoms with Crippen molar-refractivity contribution in [2.45, 2.75) is 0 Å². The Morgan fingerprint density at radius 1 is 0.824 bits per heavy atom. The maximum atomic E-state index is 5.49. The van der Waals surface area contributed by atoms with Crippen LogP contribution < -0.4 is 16.5 Å². The van der Waals surface area contributed by atoms with Gasteiger partial charge >= 0.3 is 11.7 Å². The van der Waals surface area contributed by atoms with Gasteiger partial charge in [0, 0.05) is 0 Å². The third kappa shape index (κ3) is 1.37. The third-order valence-corrected chi connectivity index (χ3v) is 1.93. The van der Waals surface area contributed by atoms with E-state index in [0.29, 0.717) is 0 Å². The number of nitrogens with zero attached hydrogens (tertiary/aromatic N) is 5. The second-order valence-electron chi connectivity index (χ2n) is 2.98. The Balaban J connectivity index is 2.05. The summed E-state index contributed by atoms with van der Waals surface area (Å²) in [4.78, 5) is 2.74. The summed E-state index contributed by atoms with van der Waals surface area (Å²) >= 11 is 0. The number of hydrogen-bond donors (Lipinski definition) is 2. The van der Waals surface area contributed by atoms with Gasteiger partial charge in [-0.05, 0) is 20.6 Å². The lowest BCUT2D eigenvalue weighted by atomic mass is 10.4. The molecule has 0 fully saturated rings. The van der Waals surface area contributed by atoms with Gasteiger partial charge in [0.2, 0.25) is 23.0 Å². The predicted molar refractivity (Wildman–Crippen MR) is 48.5 cm³/mol. The molecule has 5 N–H and O–H groups in total. The van der Waals surface area contributed by atoms with Crippen molar-refractivity contribution >= 4 is 11.6 Å². The summed E-state index contributed by atoms with van der Waals surface area (Å²) in [6, 6.07) is 0. The van der Waals surface area contributed by atoms with E-state index in [0.717, 1.165) is 0 Å². The number of rotatable bonds is 2. The van der Waals surface area contributed by atoms with Crippen LogP contribution in [0.25, 0.3) is 23.1 Å². The normalized spacial score (nSPS) is 10.8. The number of H-pyrrole nitrogens is 1. The Morgan fingerprint density at radius 2 is 1.47 bits per heavy atom. The van der Waals surface area contributed by atoms with Crippen molar-refractivity contribution in [3.8, 4) is 23.1 Å². The topological polar surface area (TPSA) is 170 Å². The molecule has 17 heavy (non-hydrogen) atoms. The van der Waals surface area contributed by atoms with E-state index in [4.69, 9.17) is 16.0 Å². The summed E-state index contributed by atoms with van der Waals surface area (Å²) in [6.45, 7) is 0. The molecule has 3 heterocycles. The number of nitrogens with two attached hydrogens (primary N) is 2. The van der Waals surface area contributed by atoms with Gasteiger partial charge in [-0.2, -0.15) is 4.98 Å². The molecular weight excluding hydrogens is 232 g/mol. The highest BCUT2D eigenvalue weighted by Gasteiger charge is 2.28. The van der Waals surface area contributed by atoms with Gasteiger partial charge < -0.3 is 11.5 Å². The molecule has 0 amide bonds. The molecule has 0 aliphatic heterocycles. The quantitative estimate of drug-likeness (QED) is 0.548. The minimum absolute atomic E-state index is 0.0650. The Labute approximate surface area is 91.7 Å². The molecule has 3 aromatic rings. The number of aromatic nitrogens is 6. The fraction of sp³-hybridized carbons (Fsp3) is 0. The van der Waals surface area contributed by atoms with E-state index < -0.39 is 0 Å². The fourth-order valence-electron chi connectivity index (χ4n) is 1.16. The summed E-state index contributed by atoms with van der Waals surface area (Å²) in [5, 5.41) is 17.6. The highest BCUT2D eigenvalue weighted by atomic mass is 16.6. The first-order valence-electron chi connectivity index (χ1n) is 4.31. The maximum absolute atomic E-state index is 5.49. The first-order valence-corrected chi connectivity index (χ1v) is 4.31. The Kier molecular flexibility index (Phi) is 1.78. The summed E-state index contributed by atoms with van der Waals surface area (Å²) in [6.07, 6.45) is 0. The third-order valence-electron chi connectivity index (χ3n) is 1.93. The second-order valence-corrected chi connectivity index (χ2v) is 2.98. The lowest BCUT2D eigenvalue weighted by molar-refractivity contribution is -0.357. The zero-order chi connectivity index (χ0) is 11.8. The predicted octanol–water partition coefficient (Wildman–Crippen LogP) is -1.25. The van der Waals surface area contributed by atoms with Crippen molar-refractivity contribution in [3.05, 3.63) is 0 Å². The number of nitrogens with one attached hydrogen (secondary N) is 1. The fourth-order valence-corrected chi connectivity index (χ4v) is 1.16. The average molecular weight is 237 g/mol. The Morgan fingerprint density at radius 3 is 2.06 bits per heavy atom. The maximum Gasteiger partial charge on any atom is 0.404 e. The van der Waals surface area contributed by atoms with E-state index in [1.165, 1.54) is 0 Å². The number of nitrogen functional groups attached to an aromatic ring is 2. The molecule has 0 aliphatic carbocycles. The minimum Gasteiger partial charge on any atom is -0.379 e. The first kappa shape index (κ1) is 9.26. The molecule has 3 rings (SSSR count). The van der Waals surface area contributed by atoms with Gasteiger partial charge in [-0.25, -0.2) is 13.8 Å². The second kappa shape index (κ2) is 3.26. The molecule has 86 valence electrons. The van der Waals surface area contributed by atoms with Crippen LogP contribution in [-0.4, -0.2) is 25.8 Å². The van der Waals surface area contributed by atoms with Crippen molar-refractivity contribution in [1.82, 2.24) is 25.8 Å². The summed E-state index contributed by atoms with van der Waals surface area (Å²) in [7, 11) is 0. The van der Waals surface area contributed by atoms with Crippen LogP contribution >= 0.6 is 0 Å². The van der Waals surface area contributed by atoms with E-state index in [-0.39, 0.29) is 34.7 Å². The van der Waals surface area contributed by atoms with Crippen molar-refractivity contribution in [2.24, 2.45) is 0 Å². The van der Waals surface area contributed by atoms with Gasteiger partial charge in [0.05, 0.1) is 0 Å². The van der Waals surface area contributed by atoms with Gasteiger partial charge in [-0.1, -0.05) is 0 Å². The molecule has 11 heteroatoms. The van der Waals surface area contributed by atoms with E-state index in [1.54, 1.807) is 0 Å². The van der Waals surface area contributed by atoms with E-state index in [9.17, 15) is 0 Å². The standard InChI is InChI=1S/C6H4N8O3/c7-3-1(10-16-12-3)5-9-6(15-14-5)2-4(8)13-17-11-2/h(H2,7,12)(H2,8,13)/p+1. The van der Waals surface area contributed by atoms with Crippen LogP contribution in [0.4, 0.5) is 11.6 Å². The van der Waals surface area contributed by atoms with Gasteiger partial charge in [0.25, 0.3) is 0 Å². The van der Waals surface area contributed by atoms with E-state index in [1.807, 2.05) is 0 Å². The van der Waals surface area contributed by atoms with Crippen molar-refractivity contribution in [3.63, 3.8) is 0 Å². The van der Waals surface area contributed by atoms with Crippen molar-refractivity contribution in [2.75, 3.05) is 11.5 Å². The average Bonchev–Trinajstić information content (AvgIpc) is 2.97. The van der Waals surface area contributed by atoms with Crippen LogP contribution in [-0.2, 0) is 0 Å². The number of aromatic amines is 1. The van der Waals surface area contributed by atoms with Crippen LogP contribution in [0.1, 0.15) is 0 Å². The van der Waals surface area contributed by atoms with Gasteiger partial charge in [-0.15, -0.1) is 0 Å². The summed E-state index contributed by atoms with van der Waals surface area (Å²) in [5.41, 5.74) is 11.4. The molecular formula is C6H5N8O3+. The summed E-state index contributed by atoms with van der Waals surface area (Å²) < 4.78 is 13.8. The Hall–Kier alpha value is -2.98. The largest absolute Gasteiger partial charge is 0.404 e. The highest BCUT2D eigenvalue weighted by Crippen LogP contribution is 2.21. The zero-order valence-electron chi connectivity index (χ0n) is 8.12. The molecule has 0 bridgehead atoms. The lowest BCUT2D eigenvalue weighted by Gasteiger charge is -1.79. The van der Waals surface area contributed by atoms with Crippen LogP contribution in [0.15, 0.2) is 13.8 Å². The lowest BCUT2D eigenvalue weighted by Crippen LogP contribution is -2.08. The molecule has 0 atom stereocenters. The van der Waals surface area contributed by atoms with Gasteiger partial charge in [0.15, 0.2) is 5.16 Å².